The zero-order valence-corrected chi connectivity index (χ0v) is 12.0. The molecule has 2 heterocycles. The first-order chi connectivity index (χ1) is 9.72. The third-order valence-corrected chi connectivity index (χ3v) is 4.12. The van der Waals surface area contributed by atoms with Crippen LogP contribution in [-0.4, -0.2) is 19.9 Å². The fraction of sp³-hybridized carbons (Fsp3) is 0.467. The van der Waals surface area contributed by atoms with Gasteiger partial charge in [-0.15, -0.1) is 0 Å². The Balaban J connectivity index is 1.66. The predicted octanol–water partition coefficient (Wildman–Crippen LogP) is 3.32. The molecule has 0 radical (unpaired) electrons. The summed E-state index contributed by atoms with van der Waals surface area (Å²) in [6.45, 7) is 0. The summed E-state index contributed by atoms with van der Waals surface area (Å²) in [7, 11) is 0. The fourth-order valence-electron chi connectivity index (χ4n) is 2.76. The van der Waals surface area contributed by atoms with Crippen molar-refractivity contribution in [3.8, 4) is 0 Å². The normalized spacial score (nSPS) is 17.5. The predicted molar refractivity (Wildman–Crippen MR) is 77.6 cm³/mol. The molecule has 0 aliphatic heterocycles. The Morgan fingerprint density at radius 1 is 1.30 bits per heavy atom. The topological polar surface area (TPSA) is 50.9 Å². The second-order valence-electron chi connectivity index (χ2n) is 5.36. The van der Waals surface area contributed by atoms with Crippen molar-refractivity contribution in [1.82, 2.24) is 14.8 Å². The Kier molecular flexibility index (Phi) is 4.03. The quantitative estimate of drug-likeness (QED) is 0.879. The molecule has 106 valence electrons. The van der Waals surface area contributed by atoms with Gasteiger partial charge in [0.25, 0.3) is 0 Å². The van der Waals surface area contributed by atoms with Gasteiger partial charge < -0.3 is 5.11 Å². The summed E-state index contributed by atoms with van der Waals surface area (Å²) >= 11 is 5.74. The van der Waals surface area contributed by atoms with Crippen molar-refractivity contribution in [2.45, 2.75) is 44.2 Å². The van der Waals surface area contributed by atoms with Crippen LogP contribution in [0.1, 0.15) is 49.1 Å². The number of aromatic nitrogens is 3. The van der Waals surface area contributed by atoms with Crippen LogP contribution >= 0.6 is 11.6 Å². The Morgan fingerprint density at radius 3 is 2.80 bits per heavy atom. The molecule has 5 heteroatoms. The van der Waals surface area contributed by atoms with E-state index in [9.17, 15) is 5.11 Å². The maximum absolute atomic E-state index is 10.2. The largest absolute Gasteiger partial charge is 0.388 e. The highest BCUT2D eigenvalue weighted by Gasteiger charge is 2.18. The van der Waals surface area contributed by atoms with E-state index < -0.39 is 6.10 Å². The van der Waals surface area contributed by atoms with Crippen LogP contribution in [0.25, 0.3) is 0 Å². The van der Waals surface area contributed by atoms with E-state index in [1.807, 2.05) is 12.3 Å². The molecular formula is C15H18ClN3O. The molecule has 1 aliphatic rings. The number of hydrogen-bond acceptors (Lipinski definition) is 3. The van der Waals surface area contributed by atoms with Gasteiger partial charge in [-0.1, -0.05) is 30.5 Å². The second kappa shape index (κ2) is 5.94. The zero-order chi connectivity index (χ0) is 13.9. The zero-order valence-electron chi connectivity index (χ0n) is 11.2. The highest BCUT2D eigenvalue weighted by molar-refractivity contribution is 6.29. The van der Waals surface area contributed by atoms with Crippen LogP contribution in [-0.2, 0) is 6.42 Å². The summed E-state index contributed by atoms with van der Waals surface area (Å²) in [5.74, 6) is 0. The number of aliphatic hydroxyl groups excluding tert-OH is 1. The highest BCUT2D eigenvalue weighted by atomic mass is 35.5. The highest BCUT2D eigenvalue weighted by Crippen LogP contribution is 2.29. The molecule has 0 amide bonds. The molecule has 1 atom stereocenters. The van der Waals surface area contributed by atoms with E-state index in [1.165, 1.54) is 25.7 Å². The molecule has 3 rings (SSSR count). The van der Waals surface area contributed by atoms with E-state index in [-0.39, 0.29) is 0 Å². The molecule has 0 saturated heterocycles. The molecule has 1 aliphatic carbocycles. The number of halogens is 1. The van der Waals surface area contributed by atoms with Crippen molar-refractivity contribution in [3.05, 3.63) is 47.0 Å². The summed E-state index contributed by atoms with van der Waals surface area (Å²) in [6, 6.07) is 6.02. The van der Waals surface area contributed by atoms with Gasteiger partial charge in [-0.3, -0.25) is 4.68 Å². The first-order valence-electron chi connectivity index (χ1n) is 7.06. The van der Waals surface area contributed by atoms with E-state index >= 15 is 0 Å². The van der Waals surface area contributed by atoms with E-state index in [1.54, 1.807) is 18.3 Å². The lowest BCUT2D eigenvalue weighted by Gasteiger charge is -2.10. The minimum atomic E-state index is -0.591. The van der Waals surface area contributed by atoms with Crippen molar-refractivity contribution in [1.29, 1.82) is 0 Å². The van der Waals surface area contributed by atoms with Crippen molar-refractivity contribution in [2.75, 3.05) is 0 Å². The fourth-order valence-corrected chi connectivity index (χ4v) is 2.87. The molecule has 1 unspecified atom stereocenters. The number of hydrogen-bond donors (Lipinski definition) is 1. The maximum atomic E-state index is 10.2. The summed E-state index contributed by atoms with van der Waals surface area (Å²) in [4.78, 5) is 3.99. The van der Waals surface area contributed by atoms with Gasteiger partial charge in [0.15, 0.2) is 0 Å². The molecule has 0 aromatic carbocycles. The molecule has 20 heavy (non-hydrogen) atoms. The maximum Gasteiger partial charge on any atom is 0.129 e. The number of nitrogens with zero attached hydrogens (tertiary/aromatic N) is 3. The van der Waals surface area contributed by atoms with Crippen LogP contribution in [0.4, 0.5) is 0 Å². The molecule has 1 saturated carbocycles. The molecular weight excluding hydrogens is 274 g/mol. The van der Waals surface area contributed by atoms with Crippen molar-refractivity contribution in [2.24, 2.45) is 0 Å². The number of aliphatic hydroxyl groups is 1. The standard InChI is InChI=1S/C15H18ClN3O/c16-15-6-5-11(10-17-15)14(20)9-12-7-8-19(18-12)13-3-1-2-4-13/h5-8,10,13-14,20H,1-4,9H2. The summed E-state index contributed by atoms with van der Waals surface area (Å²) in [5, 5.41) is 15.2. The average molecular weight is 292 g/mol. The molecule has 1 fully saturated rings. The monoisotopic (exact) mass is 291 g/mol. The van der Waals surface area contributed by atoms with Gasteiger partial charge in [-0.2, -0.15) is 5.10 Å². The lowest BCUT2D eigenvalue weighted by molar-refractivity contribution is 0.176. The average Bonchev–Trinajstić information content (AvgIpc) is 3.09. The molecule has 1 N–H and O–H groups in total. The van der Waals surface area contributed by atoms with Crippen LogP contribution in [0, 0.1) is 0 Å². The molecule has 0 bridgehead atoms. The van der Waals surface area contributed by atoms with Gasteiger partial charge in [-0.05, 0) is 30.5 Å². The first kappa shape index (κ1) is 13.6. The first-order valence-corrected chi connectivity index (χ1v) is 7.44. The van der Waals surface area contributed by atoms with Crippen LogP contribution in [0.15, 0.2) is 30.6 Å². The molecule has 2 aromatic rings. The minimum Gasteiger partial charge on any atom is -0.388 e. The third kappa shape index (κ3) is 3.02. The second-order valence-corrected chi connectivity index (χ2v) is 5.75. The van der Waals surface area contributed by atoms with Crippen LogP contribution < -0.4 is 0 Å². The minimum absolute atomic E-state index is 0.437. The van der Waals surface area contributed by atoms with Crippen molar-refractivity contribution >= 4 is 11.6 Å². The molecule has 0 spiro atoms. The molecule has 2 aromatic heterocycles. The van der Waals surface area contributed by atoms with Crippen molar-refractivity contribution in [3.63, 3.8) is 0 Å². The van der Waals surface area contributed by atoms with Crippen LogP contribution in [0.5, 0.6) is 0 Å². The molecule has 4 nitrogen and oxygen atoms in total. The lowest BCUT2D eigenvalue weighted by atomic mass is 10.1. The SMILES string of the molecule is OC(Cc1ccn(C2CCCC2)n1)c1ccc(Cl)nc1. The van der Waals surface area contributed by atoms with Gasteiger partial charge in [0.1, 0.15) is 5.15 Å². The van der Waals surface area contributed by atoms with Crippen LogP contribution in [0.2, 0.25) is 5.15 Å². The Bertz CT molecular complexity index is 561. The Labute approximate surface area is 123 Å². The smallest absolute Gasteiger partial charge is 0.129 e. The van der Waals surface area contributed by atoms with Gasteiger partial charge in [0, 0.05) is 18.8 Å². The summed E-state index contributed by atoms with van der Waals surface area (Å²) < 4.78 is 2.05. The van der Waals surface area contributed by atoms with E-state index in [2.05, 4.69) is 14.8 Å². The number of rotatable bonds is 4. The summed E-state index contributed by atoms with van der Waals surface area (Å²) in [6.07, 6.45) is 8.56. The van der Waals surface area contributed by atoms with Gasteiger partial charge in [0.05, 0.1) is 17.8 Å². The van der Waals surface area contributed by atoms with E-state index in [0.29, 0.717) is 17.6 Å². The van der Waals surface area contributed by atoms with Gasteiger partial charge >= 0.3 is 0 Å². The van der Waals surface area contributed by atoms with E-state index in [4.69, 9.17) is 11.6 Å². The van der Waals surface area contributed by atoms with Crippen LogP contribution in [0.3, 0.4) is 0 Å². The third-order valence-electron chi connectivity index (χ3n) is 3.90. The van der Waals surface area contributed by atoms with Gasteiger partial charge in [0.2, 0.25) is 0 Å². The van der Waals surface area contributed by atoms with Gasteiger partial charge in [-0.25, -0.2) is 4.98 Å². The van der Waals surface area contributed by atoms with E-state index in [0.717, 1.165) is 11.3 Å². The Morgan fingerprint density at radius 2 is 2.10 bits per heavy atom. The Hall–Kier alpha value is -1.39. The number of pyridine rings is 1. The van der Waals surface area contributed by atoms with Crippen molar-refractivity contribution < 1.29 is 5.11 Å². The lowest BCUT2D eigenvalue weighted by Crippen LogP contribution is -2.07. The summed E-state index contributed by atoms with van der Waals surface area (Å²) in [5.41, 5.74) is 1.68.